The van der Waals surface area contributed by atoms with Gasteiger partial charge in [-0.2, -0.15) is 0 Å². The van der Waals surface area contributed by atoms with Crippen LogP contribution in [0.3, 0.4) is 0 Å². The fraction of sp³-hybridized carbons (Fsp3) is 0.500. The van der Waals surface area contributed by atoms with Crippen LogP contribution in [0.4, 0.5) is 0 Å². The summed E-state index contributed by atoms with van der Waals surface area (Å²) >= 11 is 0. The van der Waals surface area contributed by atoms with Gasteiger partial charge < -0.3 is 0 Å². The van der Waals surface area contributed by atoms with E-state index < -0.39 is 0 Å². The van der Waals surface area contributed by atoms with E-state index in [0.717, 1.165) is 33.4 Å². The van der Waals surface area contributed by atoms with Crippen molar-refractivity contribution in [2.75, 3.05) is 0 Å². The first-order chi connectivity index (χ1) is 15.2. The number of allylic oxidation sites excluding steroid dienone is 10. The second kappa shape index (κ2) is 9.07. The predicted octanol–water partition coefficient (Wildman–Crippen LogP) is 7.96. The van der Waals surface area contributed by atoms with Gasteiger partial charge in [0.25, 0.3) is 0 Å². The lowest BCUT2D eigenvalue weighted by atomic mass is 9.72. The summed E-state index contributed by atoms with van der Waals surface area (Å²) in [6, 6.07) is 0. The van der Waals surface area contributed by atoms with Gasteiger partial charge in [-0.1, -0.05) is 94.5 Å². The molecule has 0 aromatic heterocycles. The van der Waals surface area contributed by atoms with Gasteiger partial charge in [0.2, 0.25) is 0 Å². The summed E-state index contributed by atoms with van der Waals surface area (Å²) in [5.41, 5.74) is 15.8. The first kappa shape index (κ1) is 27.4. The van der Waals surface area contributed by atoms with Crippen LogP contribution in [0, 0.1) is 21.7 Å². The monoisotopic (exact) mass is 456 g/mol. The van der Waals surface area contributed by atoms with Gasteiger partial charge in [-0.3, -0.25) is 9.59 Å². The molecule has 0 amide bonds. The van der Waals surface area contributed by atoms with Gasteiger partial charge >= 0.3 is 0 Å². The smallest absolute Gasteiger partial charge is 0.186 e. The lowest BCUT2D eigenvalue weighted by molar-refractivity contribution is -0.114. The number of Topliss-reactive ketones (excluding diaryl/α,β-unsaturated/α-hetero) is 2. The number of carbonyl (C=O) groups excluding carboxylic acids is 2. The van der Waals surface area contributed by atoms with E-state index in [9.17, 15) is 9.59 Å². The summed E-state index contributed by atoms with van der Waals surface area (Å²) in [4.78, 5) is 26.2. The van der Waals surface area contributed by atoms with E-state index in [2.05, 4.69) is 22.9 Å². The van der Waals surface area contributed by atoms with Crippen LogP contribution >= 0.6 is 0 Å². The van der Waals surface area contributed by atoms with Crippen molar-refractivity contribution < 1.29 is 9.59 Å². The summed E-state index contributed by atoms with van der Waals surface area (Å²) in [7, 11) is 0. The molecular formula is C32H40O2. The minimum Gasteiger partial charge on any atom is -0.289 e. The Balaban J connectivity index is 2.78. The Bertz CT molecular complexity index is 1040. The third-order valence-corrected chi connectivity index (χ3v) is 5.89. The van der Waals surface area contributed by atoms with Crippen LogP contribution in [-0.4, -0.2) is 11.6 Å². The van der Waals surface area contributed by atoms with Crippen molar-refractivity contribution in [3.8, 4) is 0 Å². The molecule has 2 aliphatic rings. The lowest BCUT2D eigenvalue weighted by Gasteiger charge is -2.30. The summed E-state index contributed by atoms with van der Waals surface area (Å²) in [6.45, 7) is 24.6. The zero-order valence-electron chi connectivity index (χ0n) is 23.1. The van der Waals surface area contributed by atoms with E-state index in [4.69, 9.17) is 0 Å². The molecule has 2 aliphatic carbocycles. The normalized spacial score (nSPS) is 17.6. The Hall–Kier alpha value is -2.84. The summed E-state index contributed by atoms with van der Waals surface area (Å²) in [5, 5.41) is 0. The lowest BCUT2D eigenvalue weighted by Crippen LogP contribution is -2.27. The minimum absolute atomic E-state index is 0.0961. The van der Waals surface area contributed by atoms with E-state index in [0.29, 0.717) is 0 Å². The van der Waals surface area contributed by atoms with Crippen LogP contribution in [0.2, 0.25) is 0 Å². The topological polar surface area (TPSA) is 34.1 Å². The Labute approximate surface area is 206 Å². The molecule has 0 spiro atoms. The van der Waals surface area contributed by atoms with Gasteiger partial charge in [0, 0.05) is 33.4 Å². The molecule has 180 valence electrons. The zero-order valence-corrected chi connectivity index (χ0v) is 23.1. The number of carbonyl (C=O) groups is 2. The third kappa shape index (κ3) is 6.39. The second-order valence-electron chi connectivity index (χ2n) is 13.3. The number of hydrogen-bond donors (Lipinski definition) is 0. The predicted molar refractivity (Wildman–Crippen MR) is 141 cm³/mol. The molecule has 0 N–H and O–H groups in total. The molecule has 0 fully saturated rings. The molecule has 0 saturated heterocycles. The molecule has 0 heterocycles. The highest BCUT2D eigenvalue weighted by atomic mass is 16.1. The van der Waals surface area contributed by atoms with Gasteiger partial charge in [-0.15, -0.1) is 0 Å². The second-order valence-corrected chi connectivity index (χ2v) is 13.3. The van der Waals surface area contributed by atoms with Crippen LogP contribution in [0.15, 0.2) is 80.7 Å². The first-order valence-corrected chi connectivity index (χ1v) is 12.0. The van der Waals surface area contributed by atoms with Crippen LogP contribution in [0.25, 0.3) is 0 Å². The largest absolute Gasteiger partial charge is 0.289 e. The van der Waals surface area contributed by atoms with E-state index >= 15 is 0 Å². The average molecular weight is 457 g/mol. The maximum Gasteiger partial charge on any atom is 0.186 e. The molecule has 0 aromatic carbocycles. The average Bonchev–Trinajstić information content (AvgIpc) is 2.63. The van der Waals surface area contributed by atoms with Gasteiger partial charge in [-0.25, -0.2) is 0 Å². The highest BCUT2D eigenvalue weighted by molar-refractivity contribution is 6.12. The molecule has 2 nitrogen and oxygen atoms in total. The Kier molecular flexibility index (Phi) is 7.31. The maximum atomic E-state index is 13.1. The quantitative estimate of drug-likeness (QED) is 0.346. The molecule has 0 aromatic rings. The fourth-order valence-electron chi connectivity index (χ4n) is 3.84. The molecule has 0 saturated carbocycles. The van der Waals surface area contributed by atoms with E-state index in [1.54, 1.807) is 0 Å². The molecule has 2 heteroatoms. The molecule has 0 unspecified atom stereocenters. The number of rotatable bonds is 0. The summed E-state index contributed by atoms with van der Waals surface area (Å²) < 4.78 is 0. The molecule has 34 heavy (non-hydrogen) atoms. The van der Waals surface area contributed by atoms with Crippen LogP contribution in [0.5, 0.6) is 0 Å². The summed E-state index contributed by atoms with van der Waals surface area (Å²) in [6.07, 6.45) is 7.59. The highest BCUT2D eigenvalue weighted by Crippen LogP contribution is 2.39. The number of hydrogen-bond acceptors (Lipinski definition) is 2. The summed E-state index contributed by atoms with van der Waals surface area (Å²) in [5.74, 6) is 0.192. The Morgan fingerprint density at radius 1 is 0.441 bits per heavy atom. The van der Waals surface area contributed by atoms with Gasteiger partial charge in [0.15, 0.2) is 11.6 Å². The van der Waals surface area contributed by atoms with E-state index in [-0.39, 0.29) is 33.2 Å². The van der Waals surface area contributed by atoms with E-state index in [1.807, 2.05) is 107 Å². The van der Waals surface area contributed by atoms with Crippen molar-refractivity contribution in [3.63, 3.8) is 0 Å². The van der Waals surface area contributed by atoms with Crippen LogP contribution in [0.1, 0.15) is 83.1 Å². The first-order valence-electron chi connectivity index (χ1n) is 12.0. The van der Waals surface area contributed by atoms with Crippen molar-refractivity contribution in [1.29, 1.82) is 0 Å². The molecule has 2 rings (SSSR count). The van der Waals surface area contributed by atoms with Crippen molar-refractivity contribution in [2.45, 2.75) is 83.1 Å². The van der Waals surface area contributed by atoms with Crippen molar-refractivity contribution in [2.24, 2.45) is 21.7 Å². The van der Waals surface area contributed by atoms with Gasteiger partial charge in [-0.05, 0) is 57.4 Å². The molecule has 0 aliphatic heterocycles. The van der Waals surface area contributed by atoms with E-state index in [1.165, 1.54) is 0 Å². The van der Waals surface area contributed by atoms with Gasteiger partial charge in [0.05, 0.1) is 0 Å². The zero-order chi connectivity index (χ0) is 26.3. The van der Waals surface area contributed by atoms with Gasteiger partial charge in [0.1, 0.15) is 0 Å². The molecular weight excluding hydrogens is 416 g/mol. The number of ketones is 2. The van der Waals surface area contributed by atoms with Crippen LogP contribution < -0.4 is 0 Å². The van der Waals surface area contributed by atoms with Crippen molar-refractivity contribution in [1.82, 2.24) is 0 Å². The third-order valence-electron chi connectivity index (χ3n) is 5.89. The fourth-order valence-corrected chi connectivity index (χ4v) is 3.84. The van der Waals surface area contributed by atoms with Crippen molar-refractivity contribution in [3.05, 3.63) is 80.7 Å². The van der Waals surface area contributed by atoms with Crippen LogP contribution in [-0.2, 0) is 9.59 Å². The minimum atomic E-state index is -0.271. The molecule has 0 atom stereocenters. The SMILES string of the molecule is CC(C)(C)C1=CC(=C=C=C=C=C2C=C(C(C)(C)C)C(=O)C(C(C)(C)C)=C2)C=C(C(C)(C)C)C1=O. The molecule has 0 bridgehead atoms. The van der Waals surface area contributed by atoms with Crippen molar-refractivity contribution >= 4 is 11.6 Å². The molecule has 0 radical (unpaired) electrons. The maximum absolute atomic E-state index is 13.1. The highest BCUT2D eigenvalue weighted by Gasteiger charge is 2.35. The Morgan fingerprint density at radius 3 is 0.824 bits per heavy atom. The standard InChI is InChI=1S/C32H40O2/c1-29(2,3)23-17-21(18-24(27(23)33)30(4,5)6)15-13-14-16-22-19-25(31(7,8)9)28(34)26(20-22)32(10,11)12/h17-20H,1-12H3. The Morgan fingerprint density at radius 2 is 0.647 bits per heavy atom.